The average molecular weight is 235 g/mol. The Morgan fingerprint density at radius 3 is 2.41 bits per heavy atom. The molecule has 2 rings (SSSR count). The van der Waals surface area contributed by atoms with E-state index in [9.17, 15) is 9.90 Å². The van der Waals surface area contributed by atoms with Crippen molar-refractivity contribution in [3.8, 4) is 5.75 Å². The maximum atomic E-state index is 11.9. The van der Waals surface area contributed by atoms with E-state index in [1.807, 2.05) is 0 Å². The summed E-state index contributed by atoms with van der Waals surface area (Å²) in [6.07, 6.45) is 2.92. The van der Waals surface area contributed by atoms with E-state index >= 15 is 0 Å². The third-order valence-corrected chi connectivity index (χ3v) is 3.20. The Kier molecular flexibility index (Phi) is 3.33. The van der Waals surface area contributed by atoms with E-state index < -0.39 is 5.60 Å². The standard InChI is InChI=1S/C13H17NO3/c1-17-11-6-4-10(5-7-11)14-12(15)13(16)8-2-3-9-13/h4-7,16H,2-3,8-9H2,1H3,(H,14,15). The van der Waals surface area contributed by atoms with Gasteiger partial charge in [0.2, 0.25) is 0 Å². The number of nitrogens with one attached hydrogen (secondary N) is 1. The number of rotatable bonds is 3. The van der Waals surface area contributed by atoms with E-state index in [0.29, 0.717) is 18.5 Å². The topological polar surface area (TPSA) is 58.6 Å². The lowest BCUT2D eigenvalue weighted by Crippen LogP contribution is -2.40. The van der Waals surface area contributed by atoms with Gasteiger partial charge < -0.3 is 15.2 Å². The highest BCUT2D eigenvalue weighted by Gasteiger charge is 2.38. The van der Waals surface area contributed by atoms with Crippen LogP contribution in [-0.2, 0) is 4.79 Å². The third-order valence-electron chi connectivity index (χ3n) is 3.20. The zero-order valence-corrected chi connectivity index (χ0v) is 9.90. The zero-order valence-electron chi connectivity index (χ0n) is 9.90. The summed E-state index contributed by atoms with van der Waals surface area (Å²) in [6.45, 7) is 0. The minimum absolute atomic E-state index is 0.305. The van der Waals surface area contributed by atoms with Crippen LogP contribution in [0.1, 0.15) is 25.7 Å². The number of anilines is 1. The van der Waals surface area contributed by atoms with Gasteiger partial charge in [0.25, 0.3) is 5.91 Å². The summed E-state index contributed by atoms with van der Waals surface area (Å²) < 4.78 is 5.03. The van der Waals surface area contributed by atoms with Gasteiger partial charge in [-0.15, -0.1) is 0 Å². The Morgan fingerprint density at radius 1 is 1.29 bits per heavy atom. The van der Waals surface area contributed by atoms with Gasteiger partial charge in [0, 0.05) is 5.69 Å². The lowest BCUT2D eigenvalue weighted by atomic mass is 10.0. The first kappa shape index (κ1) is 11.9. The van der Waals surface area contributed by atoms with Gasteiger partial charge >= 0.3 is 0 Å². The molecule has 1 amide bonds. The van der Waals surface area contributed by atoms with Crippen molar-refractivity contribution in [3.05, 3.63) is 24.3 Å². The molecule has 2 N–H and O–H groups in total. The first-order chi connectivity index (χ1) is 8.14. The number of benzene rings is 1. The predicted octanol–water partition coefficient (Wildman–Crippen LogP) is 1.94. The molecule has 1 fully saturated rings. The summed E-state index contributed by atoms with van der Waals surface area (Å²) >= 11 is 0. The number of aliphatic hydroxyl groups is 1. The number of amides is 1. The van der Waals surface area contributed by atoms with Gasteiger partial charge in [-0.25, -0.2) is 0 Å². The SMILES string of the molecule is COc1ccc(NC(=O)C2(O)CCCC2)cc1. The molecule has 0 bridgehead atoms. The molecule has 0 aromatic heterocycles. The average Bonchev–Trinajstić information content (AvgIpc) is 2.78. The Balaban J connectivity index is 2.02. The van der Waals surface area contributed by atoms with Gasteiger partial charge in [0.1, 0.15) is 11.4 Å². The molecule has 0 saturated heterocycles. The van der Waals surface area contributed by atoms with Crippen molar-refractivity contribution in [2.75, 3.05) is 12.4 Å². The molecule has 0 spiro atoms. The molecule has 1 aliphatic carbocycles. The van der Waals surface area contributed by atoms with Crippen LogP contribution < -0.4 is 10.1 Å². The highest BCUT2D eigenvalue weighted by molar-refractivity contribution is 5.97. The van der Waals surface area contributed by atoms with Crippen LogP contribution in [0.5, 0.6) is 5.75 Å². The van der Waals surface area contributed by atoms with Gasteiger partial charge in [-0.1, -0.05) is 0 Å². The summed E-state index contributed by atoms with van der Waals surface area (Å²) in [7, 11) is 1.59. The highest BCUT2D eigenvalue weighted by atomic mass is 16.5. The number of methoxy groups -OCH3 is 1. The molecule has 0 radical (unpaired) electrons. The minimum atomic E-state index is -1.18. The lowest BCUT2D eigenvalue weighted by molar-refractivity contribution is -0.133. The van der Waals surface area contributed by atoms with E-state index in [1.165, 1.54) is 0 Å². The molecule has 0 atom stereocenters. The molecule has 1 saturated carbocycles. The van der Waals surface area contributed by atoms with E-state index in [-0.39, 0.29) is 5.91 Å². The van der Waals surface area contributed by atoms with Crippen molar-refractivity contribution in [2.24, 2.45) is 0 Å². The minimum Gasteiger partial charge on any atom is -0.497 e. The van der Waals surface area contributed by atoms with E-state index in [1.54, 1.807) is 31.4 Å². The number of ether oxygens (including phenoxy) is 1. The molecule has 1 aromatic carbocycles. The highest BCUT2D eigenvalue weighted by Crippen LogP contribution is 2.30. The number of hydrogen-bond donors (Lipinski definition) is 2. The van der Waals surface area contributed by atoms with Gasteiger partial charge in [0.05, 0.1) is 7.11 Å². The molecule has 0 unspecified atom stereocenters. The number of carbonyl (C=O) groups excluding carboxylic acids is 1. The van der Waals surface area contributed by atoms with Gasteiger partial charge in [0.15, 0.2) is 0 Å². The second-order valence-electron chi connectivity index (χ2n) is 4.42. The Labute approximate surface area is 101 Å². The molecule has 0 aliphatic heterocycles. The second kappa shape index (κ2) is 4.75. The molecular weight excluding hydrogens is 218 g/mol. The van der Waals surface area contributed by atoms with Crippen molar-refractivity contribution in [1.82, 2.24) is 0 Å². The van der Waals surface area contributed by atoms with Crippen molar-refractivity contribution in [2.45, 2.75) is 31.3 Å². The molecule has 0 heterocycles. The molecular formula is C13H17NO3. The molecule has 1 aliphatic rings. The van der Waals surface area contributed by atoms with Crippen LogP contribution in [-0.4, -0.2) is 23.7 Å². The zero-order chi connectivity index (χ0) is 12.3. The van der Waals surface area contributed by atoms with Gasteiger partial charge in [-0.3, -0.25) is 4.79 Å². The lowest BCUT2D eigenvalue weighted by Gasteiger charge is -2.20. The Bertz CT molecular complexity index is 394. The fourth-order valence-electron chi connectivity index (χ4n) is 2.11. The summed E-state index contributed by atoms with van der Waals surface area (Å²) in [6, 6.07) is 7.06. The van der Waals surface area contributed by atoms with Crippen LogP contribution in [0.15, 0.2) is 24.3 Å². The maximum absolute atomic E-state index is 11.9. The van der Waals surface area contributed by atoms with Crippen LogP contribution >= 0.6 is 0 Å². The number of carbonyl (C=O) groups is 1. The number of hydrogen-bond acceptors (Lipinski definition) is 3. The van der Waals surface area contributed by atoms with Crippen LogP contribution in [0.2, 0.25) is 0 Å². The van der Waals surface area contributed by atoms with E-state index in [0.717, 1.165) is 18.6 Å². The molecule has 17 heavy (non-hydrogen) atoms. The van der Waals surface area contributed by atoms with Crippen molar-refractivity contribution in [1.29, 1.82) is 0 Å². The summed E-state index contributed by atoms with van der Waals surface area (Å²) in [5.74, 6) is 0.433. The maximum Gasteiger partial charge on any atom is 0.256 e. The summed E-state index contributed by atoms with van der Waals surface area (Å²) in [4.78, 5) is 11.9. The largest absolute Gasteiger partial charge is 0.497 e. The van der Waals surface area contributed by atoms with Crippen molar-refractivity contribution >= 4 is 11.6 Å². The fourth-order valence-corrected chi connectivity index (χ4v) is 2.11. The van der Waals surface area contributed by atoms with Crippen LogP contribution in [0.3, 0.4) is 0 Å². The normalized spacial score (nSPS) is 17.8. The van der Waals surface area contributed by atoms with Crippen LogP contribution in [0, 0.1) is 0 Å². The van der Waals surface area contributed by atoms with Crippen molar-refractivity contribution in [3.63, 3.8) is 0 Å². The molecule has 4 heteroatoms. The van der Waals surface area contributed by atoms with E-state index in [4.69, 9.17) is 4.74 Å². The first-order valence-electron chi connectivity index (χ1n) is 5.82. The van der Waals surface area contributed by atoms with Gasteiger partial charge in [-0.2, -0.15) is 0 Å². The predicted molar refractivity (Wildman–Crippen MR) is 65.0 cm³/mol. The van der Waals surface area contributed by atoms with Crippen molar-refractivity contribution < 1.29 is 14.6 Å². The van der Waals surface area contributed by atoms with Crippen LogP contribution in [0.25, 0.3) is 0 Å². The second-order valence-corrected chi connectivity index (χ2v) is 4.42. The molecule has 4 nitrogen and oxygen atoms in total. The first-order valence-corrected chi connectivity index (χ1v) is 5.82. The van der Waals surface area contributed by atoms with Crippen LogP contribution in [0.4, 0.5) is 5.69 Å². The smallest absolute Gasteiger partial charge is 0.256 e. The third kappa shape index (κ3) is 2.58. The summed E-state index contributed by atoms with van der Waals surface area (Å²) in [5.41, 5.74) is -0.504. The van der Waals surface area contributed by atoms with E-state index in [2.05, 4.69) is 5.32 Å². The molecule has 92 valence electrons. The Hall–Kier alpha value is -1.55. The monoisotopic (exact) mass is 235 g/mol. The Morgan fingerprint density at radius 2 is 1.88 bits per heavy atom. The summed E-state index contributed by atoms with van der Waals surface area (Å²) in [5, 5.41) is 12.8. The quantitative estimate of drug-likeness (QED) is 0.841. The van der Waals surface area contributed by atoms with Gasteiger partial charge in [-0.05, 0) is 49.9 Å². The molecule has 1 aromatic rings. The fraction of sp³-hybridized carbons (Fsp3) is 0.462.